The fourth-order valence-electron chi connectivity index (χ4n) is 1.85. The smallest absolute Gasteiger partial charge is 0.269 e. The Morgan fingerprint density at radius 1 is 1.31 bits per heavy atom. The molecule has 0 aromatic heterocycles. The van der Waals surface area contributed by atoms with E-state index in [1.165, 1.54) is 19.3 Å². The van der Waals surface area contributed by atoms with E-state index in [1.807, 2.05) is 12.1 Å². The number of nitro benzene ring substituents is 1. The van der Waals surface area contributed by atoms with Crippen molar-refractivity contribution in [2.75, 3.05) is 6.54 Å². The number of hydrogen-bond donors (Lipinski definition) is 1. The first-order valence-electron chi connectivity index (χ1n) is 5.70. The minimum Gasteiger partial charge on any atom is -0.312 e. The Bertz CT molecular complexity index is 358. The summed E-state index contributed by atoms with van der Waals surface area (Å²) < 4.78 is 0. The summed E-state index contributed by atoms with van der Waals surface area (Å²) >= 11 is 0. The second kappa shape index (κ2) is 5.07. The molecule has 0 heterocycles. The van der Waals surface area contributed by atoms with Crippen LogP contribution in [0, 0.1) is 16.0 Å². The lowest BCUT2D eigenvalue weighted by molar-refractivity contribution is -0.384. The zero-order valence-corrected chi connectivity index (χ0v) is 9.19. The zero-order valence-electron chi connectivity index (χ0n) is 9.19. The second-order valence-corrected chi connectivity index (χ2v) is 4.35. The molecule has 0 spiro atoms. The van der Waals surface area contributed by atoms with Crippen LogP contribution < -0.4 is 5.32 Å². The molecule has 4 heteroatoms. The van der Waals surface area contributed by atoms with Gasteiger partial charge in [-0.25, -0.2) is 0 Å². The molecule has 1 N–H and O–H groups in total. The lowest BCUT2D eigenvalue weighted by Gasteiger charge is -2.25. The number of hydrogen-bond acceptors (Lipinski definition) is 3. The molecule has 0 amide bonds. The standard InChI is InChI=1S/C12H16N2O2/c15-14(16)12-6-4-11(5-7-12)9-13-8-10-2-1-3-10/h4-7,10,13H,1-3,8-9H2. The molecule has 16 heavy (non-hydrogen) atoms. The van der Waals surface area contributed by atoms with Gasteiger partial charge in [0.25, 0.3) is 5.69 Å². The van der Waals surface area contributed by atoms with Gasteiger partial charge in [-0.15, -0.1) is 0 Å². The summed E-state index contributed by atoms with van der Waals surface area (Å²) in [5.74, 6) is 0.845. The minimum absolute atomic E-state index is 0.155. The van der Waals surface area contributed by atoms with Gasteiger partial charge in [-0.2, -0.15) is 0 Å². The Balaban J connectivity index is 1.78. The van der Waals surface area contributed by atoms with Crippen LogP contribution in [0.5, 0.6) is 0 Å². The molecule has 0 atom stereocenters. The van der Waals surface area contributed by atoms with Crippen LogP contribution in [0.15, 0.2) is 24.3 Å². The zero-order chi connectivity index (χ0) is 11.4. The molecule has 1 aromatic rings. The Morgan fingerprint density at radius 3 is 2.50 bits per heavy atom. The number of nitrogens with zero attached hydrogens (tertiary/aromatic N) is 1. The highest BCUT2D eigenvalue weighted by atomic mass is 16.6. The molecule has 0 bridgehead atoms. The highest BCUT2D eigenvalue weighted by molar-refractivity contribution is 5.32. The normalized spacial score (nSPS) is 15.8. The first-order valence-corrected chi connectivity index (χ1v) is 5.70. The molecule has 0 unspecified atom stereocenters. The predicted octanol–water partition coefficient (Wildman–Crippen LogP) is 2.48. The van der Waals surface area contributed by atoms with Crippen LogP contribution in [0.2, 0.25) is 0 Å². The lowest BCUT2D eigenvalue weighted by Crippen LogP contribution is -2.26. The van der Waals surface area contributed by atoms with E-state index in [4.69, 9.17) is 0 Å². The van der Waals surface area contributed by atoms with Crippen molar-refractivity contribution in [3.8, 4) is 0 Å². The van der Waals surface area contributed by atoms with Gasteiger partial charge in [0.05, 0.1) is 4.92 Å². The Hall–Kier alpha value is -1.42. The van der Waals surface area contributed by atoms with Gasteiger partial charge in [0.15, 0.2) is 0 Å². The maximum absolute atomic E-state index is 10.5. The van der Waals surface area contributed by atoms with Gasteiger partial charge in [-0.1, -0.05) is 18.6 Å². The summed E-state index contributed by atoms with van der Waals surface area (Å²) in [5, 5.41) is 13.8. The van der Waals surface area contributed by atoms with Crippen molar-refractivity contribution >= 4 is 5.69 Å². The summed E-state index contributed by atoms with van der Waals surface area (Å²) in [4.78, 5) is 10.1. The molecule has 1 fully saturated rings. The summed E-state index contributed by atoms with van der Waals surface area (Å²) in [6, 6.07) is 6.73. The largest absolute Gasteiger partial charge is 0.312 e. The number of non-ortho nitro benzene ring substituents is 1. The third-order valence-electron chi connectivity index (χ3n) is 3.13. The number of benzene rings is 1. The van der Waals surface area contributed by atoms with Crippen LogP contribution in [0.4, 0.5) is 5.69 Å². The van der Waals surface area contributed by atoms with E-state index in [9.17, 15) is 10.1 Å². The average Bonchev–Trinajstić information content (AvgIpc) is 2.22. The Kier molecular flexibility index (Phi) is 3.51. The molecule has 0 radical (unpaired) electrons. The number of rotatable bonds is 5. The van der Waals surface area contributed by atoms with Crippen LogP contribution >= 0.6 is 0 Å². The van der Waals surface area contributed by atoms with Crippen LogP contribution in [-0.4, -0.2) is 11.5 Å². The molecule has 1 aliphatic carbocycles. The van der Waals surface area contributed by atoms with Gasteiger partial charge in [-0.05, 0) is 30.9 Å². The van der Waals surface area contributed by atoms with E-state index in [0.29, 0.717) is 0 Å². The average molecular weight is 220 g/mol. The molecule has 4 nitrogen and oxygen atoms in total. The second-order valence-electron chi connectivity index (χ2n) is 4.35. The highest BCUT2D eigenvalue weighted by Crippen LogP contribution is 2.25. The highest BCUT2D eigenvalue weighted by Gasteiger charge is 2.16. The fourth-order valence-corrected chi connectivity index (χ4v) is 1.85. The molecule has 0 aliphatic heterocycles. The molecule has 2 rings (SSSR count). The van der Waals surface area contributed by atoms with Crippen molar-refractivity contribution < 1.29 is 4.92 Å². The maximum atomic E-state index is 10.5. The summed E-state index contributed by atoms with van der Waals surface area (Å²) in [6.07, 6.45) is 4.05. The SMILES string of the molecule is O=[N+]([O-])c1ccc(CNCC2CCC2)cc1. The molecule has 1 aliphatic rings. The van der Waals surface area contributed by atoms with Crippen LogP contribution in [0.1, 0.15) is 24.8 Å². The van der Waals surface area contributed by atoms with E-state index in [2.05, 4.69) is 5.32 Å². The number of nitrogens with one attached hydrogen (secondary N) is 1. The van der Waals surface area contributed by atoms with Gasteiger partial charge in [0, 0.05) is 18.7 Å². The molecule has 1 aromatic carbocycles. The third kappa shape index (κ3) is 2.79. The van der Waals surface area contributed by atoms with Crippen molar-refractivity contribution in [1.29, 1.82) is 0 Å². The fraction of sp³-hybridized carbons (Fsp3) is 0.500. The quantitative estimate of drug-likeness (QED) is 0.612. The van der Waals surface area contributed by atoms with Gasteiger partial charge in [0.2, 0.25) is 0 Å². The van der Waals surface area contributed by atoms with Gasteiger partial charge in [-0.3, -0.25) is 10.1 Å². The monoisotopic (exact) mass is 220 g/mol. The first-order chi connectivity index (χ1) is 7.75. The Morgan fingerprint density at radius 2 is 2.00 bits per heavy atom. The van der Waals surface area contributed by atoms with Crippen molar-refractivity contribution in [1.82, 2.24) is 5.32 Å². The molecule has 86 valence electrons. The van der Waals surface area contributed by atoms with Crippen molar-refractivity contribution in [2.24, 2.45) is 5.92 Å². The van der Waals surface area contributed by atoms with Crippen molar-refractivity contribution in [3.63, 3.8) is 0 Å². The van der Waals surface area contributed by atoms with Gasteiger partial charge < -0.3 is 5.32 Å². The van der Waals surface area contributed by atoms with Crippen LogP contribution in [0.25, 0.3) is 0 Å². The molecule has 1 saturated carbocycles. The van der Waals surface area contributed by atoms with Gasteiger partial charge >= 0.3 is 0 Å². The molecule has 0 saturated heterocycles. The minimum atomic E-state index is -0.369. The first kappa shape index (κ1) is 11.1. The molecular weight excluding hydrogens is 204 g/mol. The van der Waals surface area contributed by atoms with Crippen LogP contribution in [0.3, 0.4) is 0 Å². The topological polar surface area (TPSA) is 55.2 Å². The predicted molar refractivity (Wildman–Crippen MR) is 62.1 cm³/mol. The number of nitro groups is 1. The van der Waals surface area contributed by atoms with E-state index < -0.39 is 0 Å². The van der Waals surface area contributed by atoms with Crippen molar-refractivity contribution in [3.05, 3.63) is 39.9 Å². The lowest BCUT2D eigenvalue weighted by atomic mass is 9.85. The summed E-state index contributed by atoms with van der Waals surface area (Å²) in [5.41, 5.74) is 1.26. The summed E-state index contributed by atoms with van der Waals surface area (Å²) in [6.45, 7) is 1.87. The molecular formula is C12H16N2O2. The van der Waals surface area contributed by atoms with E-state index >= 15 is 0 Å². The Labute approximate surface area is 94.8 Å². The van der Waals surface area contributed by atoms with E-state index in [0.717, 1.165) is 24.6 Å². The van der Waals surface area contributed by atoms with Crippen LogP contribution in [-0.2, 0) is 6.54 Å². The maximum Gasteiger partial charge on any atom is 0.269 e. The van der Waals surface area contributed by atoms with Crippen molar-refractivity contribution in [2.45, 2.75) is 25.8 Å². The van der Waals surface area contributed by atoms with E-state index in [-0.39, 0.29) is 10.6 Å². The third-order valence-corrected chi connectivity index (χ3v) is 3.13. The summed E-state index contributed by atoms with van der Waals surface area (Å²) in [7, 11) is 0. The van der Waals surface area contributed by atoms with Gasteiger partial charge in [0.1, 0.15) is 0 Å². The van der Waals surface area contributed by atoms with E-state index in [1.54, 1.807) is 12.1 Å².